The fraction of sp³-hybridized carbons (Fsp3) is 0.533. The summed E-state index contributed by atoms with van der Waals surface area (Å²) < 4.78 is 24.6. The first kappa shape index (κ1) is 16.5. The Morgan fingerprint density at radius 2 is 2.05 bits per heavy atom. The Labute approximate surface area is 131 Å². The van der Waals surface area contributed by atoms with Crippen LogP contribution in [0.5, 0.6) is 0 Å². The summed E-state index contributed by atoms with van der Waals surface area (Å²) in [4.78, 5) is 13.1. The fourth-order valence-electron chi connectivity index (χ4n) is 2.56. The van der Waals surface area contributed by atoms with Crippen molar-refractivity contribution in [3.8, 4) is 0 Å². The van der Waals surface area contributed by atoms with Crippen molar-refractivity contribution >= 4 is 27.6 Å². The minimum absolute atomic E-state index is 0.164. The maximum absolute atomic E-state index is 12.1. The van der Waals surface area contributed by atoms with Gasteiger partial charge in [-0.1, -0.05) is 18.2 Å². The molecule has 0 aliphatic carbocycles. The lowest BCUT2D eigenvalue weighted by Crippen LogP contribution is -2.39. The molecule has 1 unspecified atom stereocenters. The van der Waals surface area contributed by atoms with Crippen LogP contribution in [0.25, 0.3) is 0 Å². The van der Waals surface area contributed by atoms with E-state index >= 15 is 0 Å². The van der Waals surface area contributed by atoms with Crippen molar-refractivity contribution in [2.45, 2.75) is 24.2 Å². The molecule has 1 fully saturated rings. The summed E-state index contributed by atoms with van der Waals surface area (Å²) in [6, 6.07) is 9.84. The molecule has 1 saturated heterocycles. The first-order valence-corrected chi connectivity index (χ1v) is 9.93. The second-order valence-corrected chi connectivity index (χ2v) is 8.50. The molecule has 0 spiro atoms. The molecule has 0 bridgehead atoms. The highest BCUT2D eigenvalue weighted by Crippen LogP contribution is 2.23. The van der Waals surface area contributed by atoms with E-state index in [-0.39, 0.29) is 11.7 Å². The molecular weight excluding hydrogens is 306 g/mol. The number of Topliss-reactive ketones (excluding diaryl/α,β-unsaturated/α-hetero) is 1. The van der Waals surface area contributed by atoms with Crippen LogP contribution in [0.2, 0.25) is 0 Å². The number of rotatable bonds is 6. The van der Waals surface area contributed by atoms with E-state index in [1.165, 1.54) is 10.6 Å². The molecule has 1 aromatic rings. The minimum atomic E-state index is -3.13. The Morgan fingerprint density at radius 3 is 2.71 bits per heavy atom. The zero-order chi connectivity index (χ0) is 15.3. The normalized spacial score (nSPS) is 20.3. The lowest BCUT2D eigenvalue weighted by molar-refractivity contribution is -0.117. The molecule has 6 heteroatoms. The van der Waals surface area contributed by atoms with Gasteiger partial charge in [-0.25, -0.2) is 12.7 Å². The summed E-state index contributed by atoms with van der Waals surface area (Å²) in [6.45, 7) is 1.07. The van der Waals surface area contributed by atoms with E-state index in [4.69, 9.17) is 0 Å². The van der Waals surface area contributed by atoms with Crippen LogP contribution >= 0.6 is 11.8 Å². The van der Waals surface area contributed by atoms with Crippen molar-refractivity contribution in [1.82, 2.24) is 4.31 Å². The largest absolute Gasteiger partial charge is 0.299 e. The number of piperidine rings is 1. The highest BCUT2D eigenvalue weighted by Gasteiger charge is 2.27. The van der Waals surface area contributed by atoms with Crippen molar-refractivity contribution in [2.75, 3.05) is 25.1 Å². The average molecular weight is 327 g/mol. The number of nitrogens with zero attached hydrogens (tertiary/aromatic N) is 1. The third kappa shape index (κ3) is 5.45. The van der Waals surface area contributed by atoms with Crippen LogP contribution in [-0.2, 0) is 14.8 Å². The lowest BCUT2D eigenvalue weighted by atomic mass is 9.94. The van der Waals surface area contributed by atoms with Crippen LogP contribution in [0.15, 0.2) is 35.2 Å². The third-order valence-electron chi connectivity index (χ3n) is 3.61. The number of sulfonamides is 1. The number of ketones is 1. The Balaban J connectivity index is 1.80. The molecule has 0 amide bonds. The second-order valence-electron chi connectivity index (χ2n) is 5.47. The van der Waals surface area contributed by atoms with Crippen molar-refractivity contribution in [2.24, 2.45) is 5.92 Å². The summed E-state index contributed by atoms with van der Waals surface area (Å²) in [7, 11) is -3.13. The maximum atomic E-state index is 12.1. The average Bonchev–Trinajstić information content (AvgIpc) is 2.46. The molecule has 2 rings (SSSR count). The molecule has 0 radical (unpaired) electrons. The second kappa shape index (κ2) is 7.42. The van der Waals surface area contributed by atoms with Gasteiger partial charge in [0.2, 0.25) is 10.0 Å². The monoisotopic (exact) mass is 327 g/mol. The van der Waals surface area contributed by atoms with E-state index in [1.807, 2.05) is 30.3 Å². The van der Waals surface area contributed by atoms with E-state index in [9.17, 15) is 13.2 Å². The number of thioether (sulfide) groups is 1. The van der Waals surface area contributed by atoms with E-state index in [1.54, 1.807) is 11.8 Å². The van der Waals surface area contributed by atoms with Crippen molar-refractivity contribution < 1.29 is 13.2 Å². The Hall–Kier alpha value is -0.850. The SMILES string of the molecule is CS(=O)(=O)N1CCCC(CC(=O)CSc2ccccc2)C1. The quantitative estimate of drug-likeness (QED) is 0.753. The van der Waals surface area contributed by atoms with Crippen LogP contribution < -0.4 is 0 Å². The minimum Gasteiger partial charge on any atom is -0.299 e. The summed E-state index contributed by atoms with van der Waals surface area (Å²) in [5.41, 5.74) is 0. The zero-order valence-corrected chi connectivity index (χ0v) is 13.8. The van der Waals surface area contributed by atoms with Gasteiger partial charge in [0.25, 0.3) is 0 Å². The smallest absolute Gasteiger partial charge is 0.211 e. The van der Waals surface area contributed by atoms with Crippen molar-refractivity contribution in [1.29, 1.82) is 0 Å². The van der Waals surface area contributed by atoms with E-state index < -0.39 is 10.0 Å². The zero-order valence-electron chi connectivity index (χ0n) is 12.2. The van der Waals surface area contributed by atoms with E-state index in [2.05, 4.69) is 0 Å². The molecule has 1 aromatic carbocycles. The number of benzene rings is 1. The van der Waals surface area contributed by atoms with Gasteiger partial charge >= 0.3 is 0 Å². The summed E-state index contributed by atoms with van der Waals surface area (Å²) in [5.74, 6) is 0.820. The maximum Gasteiger partial charge on any atom is 0.211 e. The first-order valence-electron chi connectivity index (χ1n) is 7.10. The van der Waals surface area contributed by atoms with Gasteiger partial charge in [0.1, 0.15) is 5.78 Å². The van der Waals surface area contributed by atoms with Crippen molar-refractivity contribution in [3.05, 3.63) is 30.3 Å². The summed E-state index contributed by atoms with van der Waals surface area (Å²) in [6.07, 6.45) is 3.50. The van der Waals surface area contributed by atoms with Crippen LogP contribution in [0.4, 0.5) is 0 Å². The van der Waals surface area contributed by atoms with Gasteiger partial charge in [-0.15, -0.1) is 11.8 Å². The van der Waals surface area contributed by atoms with Gasteiger partial charge < -0.3 is 0 Å². The molecule has 0 saturated carbocycles. The van der Waals surface area contributed by atoms with E-state index in [0.29, 0.717) is 25.3 Å². The molecule has 1 aliphatic rings. The summed E-state index contributed by atoms with van der Waals surface area (Å²) in [5, 5.41) is 0. The van der Waals surface area contributed by atoms with Gasteiger partial charge in [-0.2, -0.15) is 0 Å². The highest BCUT2D eigenvalue weighted by atomic mass is 32.2. The van der Waals surface area contributed by atoms with Gasteiger partial charge in [-0.05, 0) is 30.9 Å². The molecule has 0 aromatic heterocycles. The molecule has 4 nitrogen and oxygen atoms in total. The van der Waals surface area contributed by atoms with Gasteiger partial charge in [0, 0.05) is 24.4 Å². The number of carbonyl (C=O) groups is 1. The third-order valence-corrected chi connectivity index (χ3v) is 5.95. The first-order chi connectivity index (χ1) is 9.95. The van der Waals surface area contributed by atoms with Gasteiger partial charge in [0.05, 0.1) is 12.0 Å². The predicted molar refractivity (Wildman–Crippen MR) is 85.9 cm³/mol. The molecule has 1 heterocycles. The van der Waals surface area contributed by atoms with Gasteiger partial charge in [-0.3, -0.25) is 4.79 Å². The molecule has 1 atom stereocenters. The Kier molecular flexibility index (Phi) is 5.84. The Morgan fingerprint density at radius 1 is 1.33 bits per heavy atom. The number of hydrogen-bond acceptors (Lipinski definition) is 4. The molecular formula is C15H21NO3S2. The Bertz CT molecular complexity index is 572. The number of carbonyl (C=O) groups excluding carboxylic acids is 1. The molecule has 21 heavy (non-hydrogen) atoms. The summed E-state index contributed by atoms with van der Waals surface area (Å²) >= 11 is 1.54. The van der Waals surface area contributed by atoms with Gasteiger partial charge in [0.15, 0.2) is 0 Å². The fourth-order valence-corrected chi connectivity index (χ4v) is 4.29. The van der Waals surface area contributed by atoms with Crippen LogP contribution in [0.1, 0.15) is 19.3 Å². The highest BCUT2D eigenvalue weighted by molar-refractivity contribution is 8.00. The topological polar surface area (TPSA) is 54.5 Å². The lowest BCUT2D eigenvalue weighted by Gasteiger charge is -2.30. The number of hydrogen-bond donors (Lipinski definition) is 0. The van der Waals surface area contributed by atoms with Crippen LogP contribution in [-0.4, -0.2) is 43.6 Å². The van der Waals surface area contributed by atoms with Crippen molar-refractivity contribution in [3.63, 3.8) is 0 Å². The molecule has 116 valence electrons. The molecule has 1 aliphatic heterocycles. The van der Waals surface area contributed by atoms with Crippen LogP contribution in [0, 0.1) is 5.92 Å². The van der Waals surface area contributed by atoms with E-state index in [0.717, 1.165) is 17.7 Å². The standard InChI is InChI=1S/C15H21NO3S2/c1-21(18,19)16-9-5-6-13(11-16)10-14(17)12-20-15-7-3-2-4-8-15/h2-4,7-8,13H,5-6,9-12H2,1H3. The predicted octanol–water partition coefficient (Wildman–Crippen LogP) is 2.41. The molecule has 0 N–H and O–H groups in total. The van der Waals surface area contributed by atoms with Crippen LogP contribution in [0.3, 0.4) is 0 Å².